The standard InChI is InChI=1S/C27H18FNO6/c1-34-15-12-10-14(11-13-15)29-25(32)20-21(26(29)33)27(35-22(20)18-8-4-5-9-19(18)28)23(30)16-6-2-3-7-17(16)24(27)31/h2-13,20-22H,1H3/t20-,21-,22-/m1/s1. The Bertz CT molecular complexity index is 1400. The lowest BCUT2D eigenvalue weighted by atomic mass is 9.77. The zero-order valence-corrected chi connectivity index (χ0v) is 18.4. The molecular weight excluding hydrogens is 453 g/mol. The maximum absolute atomic E-state index is 14.9. The molecule has 0 aromatic heterocycles. The van der Waals surface area contributed by atoms with Gasteiger partial charge in [0.2, 0.25) is 29.0 Å². The average molecular weight is 471 g/mol. The lowest BCUT2D eigenvalue weighted by Gasteiger charge is -2.27. The third-order valence-electron chi connectivity index (χ3n) is 7.06. The van der Waals surface area contributed by atoms with Gasteiger partial charge in [0.25, 0.3) is 0 Å². The molecule has 3 aromatic carbocycles. The largest absolute Gasteiger partial charge is 0.497 e. The summed E-state index contributed by atoms with van der Waals surface area (Å²) in [4.78, 5) is 55.8. The van der Waals surface area contributed by atoms with Crippen LogP contribution in [0.5, 0.6) is 5.75 Å². The van der Waals surface area contributed by atoms with Crippen LogP contribution in [0.15, 0.2) is 72.8 Å². The Morgan fingerprint density at radius 1 is 0.829 bits per heavy atom. The number of amides is 2. The van der Waals surface area contributed by atoms with Crippen molar-refractivity contribution in [2.45, 2.75) is 11.7 Å². The summed E-state index contributed by atoms with van der Waals surface area (Å²) in [5.74, 6) is -5.61. The quantitative estimate of drug-likeness (QED) is 0.429. The van der Waals surface area contributed by atoms with Gasteiger partial charge >= 0.3 is 0 Å². The maximum Gasteiger partial charge on any atom is 0.241 e. The Labute approximate surface area is 199 Å². The molecule has 2 fully saturated rings. The van der Waals surface area contributed by atoms with Gasteiger partial charge in [-0.2, -0.15) is 0 Å². The molecule has 0 N–H and O–H groups in total. The van der Waals surface area contributed by atoms with E-state index < -0.39 is 52.7 Å². The van der Waals surface area contributed by atoms with Crippen molar-refractivity contribution in [2.24, 2.45) is 11.8 Å². The van der Waals surface area contributed by atoms with Gasteiger partial charge in [0.1, 0.15) is 11.6 Å². The topological polar surface area (TPSA) is 90.0 Å². The number of ketones is 2. The minimum atomic E-state index is -2.24. The second-order valence-electron chi connectivity index (χ2n) is 8.71. The fraction of sp³-hybridized carbons (Fsp3) is 0.185. The molecule has 0 saturated carbocycles. The van der Waals surface area contributed by atoms with Crippen LogP contribution in [0, 0.1) is 17.7 Å². The van der Waals surface area contributed by atoms with Crippen molar-refractivity contribution >= 4 is 29.1 Å². The Hall–Kier alpha value is -4.17. The number of fused-ring (bicyclic) bond motifs is 3. The molecule has 1 aliphatic carbocycles. The summed E-state index contributed by atoms with van der Waals surface area (Å²) in [5, 5.41) is 0. The number of nitrogens with zero attached hydrogens (tertiary/aromatic N) is 1. The van der Waals surface area contributed by atoms with E-state index in [2.05, 4.69) is 0 Å². The number of halogens is 1. The second-order valence-corrected chi connectivity index (χ2v) is 8.71. The minimum absolute atomic E-state index is 0.00802. The van der Waals surface area contributed by atoms with Crippen LogP contribution in [0.4, 0.5) is 10.1 Å². The molecule has 2 amide bonds. The van der Waals surface area contributed by atoms with Gasteiger partial charge in [0, 0.05) is 16.7 Å². The van der Waals surface area contributed by atoms with Gasteiger partial charge in [0.15, 0.2) is 0 Å². The minimum Gasteiger partial charge on any atom is -0.497 e. The summed E-state index contributed by atoms with van der Waals surface area (Å²) in [6.45, 7) is 0. The average Bonchev–Trinajstić information content (AvgIpc) is 3.44. The van der Waals surface area contributed by atoms with Gasteiger partial charge in [-0.3, -0.25) is 19.2 Å². The first-order valence-electron chi connectivity index (χ1n) is 11.0. The first-order chi connectivity index (χ1) is 16.9. The van der Waals surface area contributed by atoms with E-state index in [-0.39, 0.29) is 22.4 Å². The highest BCUT2D eigenvalue weighted by Gasteiger charge is 2.75. The van der Waals surface area contributed by atoms with Crippen LogP contribution in [-0.2, 0) is 14.3 Å². The highest BCUT2D eigenvalue weighted by Crippen LogP contribution is 2.58. The molecule has 3 atom stereocenters. The van der Waals surface area contributed by atoms with Crippen molar-refractivity contribution in [1.29, 1.82) is 0 Å². The predicted octanol–water partition coefficient (Wildman–Crippen LogP) is 3.53. The van der Waals surface area contributed by atoms with Crippen LogP contribution in [-0.4, -0.2) is 36.1 Å². The molecule has 2 aliphatic heterocycles. The Balaban J connectivity index is 1.54. The molecule has 7 nitrogen and oxygen atoms in total. The number of Topliss-reactive ketones (excluding diaryl/α,β-unsaturated/α-hetero) is 2. The summed E-state index contributed by atoms with van der Waals surface area (Å²) < 4.78 is 26.1. The van der Waals surface area contributed by atoms with E-state index in [1.165, 1.54) is 49.6 Å². The summed E-state index contributed by atoms with van der Waals surface area (Å²) >= 11 is 0. The summed E-state index contributed by atoms with van der Waals surface area (Å²) in [7, 11) is 1.49. The van der Waals surface area contributed by atoms with Crippen molar-refractivity contribution < 1.29 is 33.0 Å². The number of rotatable bonds is 3. The number of anilines is 1. The fourth-order valence-electron chi connectivity index (χ4n) is 5.49. The van der Waals surface area contributed by atoms with Gasteiger partial charge in [-0.15, -0.1) is 0 Å². The molecule has 0 unspecified atom stereocenters. The van der Waals surface area contributed by atoms with Crippen molar-refractivity contribution in [3.63, 3.8) is 0 Å². The predicted molar refractivity (Wildman–Crippen MR) is 121 cm³/mol. The number of ether oxygens (including phenoxy) is 2. The normalized spacial score (nSPS) is 24.3. The Kier molecular flexibility index (Phi) is 4.53. The van der Waals surface area contributed by atoms with Gasteiger partial charge < -0.3 is 9.47 Å². The van der Waals surface area contributed by atoms with Crippen LogP contribution in [0.25, 0.3) is 0 Å². The molecular formula is C27H18FNO6. The zero-order chi connectivity index (χ0) is 24.5. The first kappa shape index (κ1) is 21.4. The monoisotopic (exact) mass is 471 g/mol. The van der Waals surface area contributed by atoms with E-state index in [1.54, 1.807) is 30.3 Å². The number of imide groups is 1. The summed E-state index contributed by atoms with van der Waals surface area (Å²) in [6, 6.07) is 18.1. The van der Waals surface area contributed by atoms with E-state index in [0.29, 0.717) is 5.75 Å². The Morgan fingerprint density at radius 3 is 2.03 bits per heavy atom. The molecule has 2 saturated heterocycles. The smallest absolute Gasteiger partial charge is 0.241 e. The first-order valence-corrected chi connectivity index (χ1v) is 11.0. The molecule has 35 heavy (non-hydrogen) atoms. The third kappa shape index (κ3) is 2.68. The summed E-state index contributed by atoms with van der Waals surface area (Å²) in [5.41, 5.74) is -1.74. The van der Waals surface area contributed by atoms with Crippen molar-refractivity contribution in [2.75, 3.05) is 12.0 Å². The lowest BCUT2D eigenvalue weighted by Crippen LogP contribution is -2.51. The number of carbonyl (C=O) groups excluding carboxylic acids is 4. The van der Waals surface area contributed by atoms with E-state index in [4.69, 9.17) is 9.47 Å². The molecule has 6 rings (SSSR count). The lowest BCUT2D eigenvalue weighted by molar-refractivity contribution is -0.127. The summed E-state index contributed by atoms with van der Waals surface area (Å²) in [6.07, 6.45) is -1.30. The molecule has 1 spiro atoms. The van der Waals surface area contributed by atoms with Crippen LogP contribution in [0.2, 0.25) is 0 Å². The molecule has 8 heteroatoms. The zero-order valence-electron chi connectivity index (χ0n) is 18.4. The van der Waals surface area contributed by atoms with Gasteiger partial charge in [0.05, 0.1) is 30.7 Å². The number of benzene rings is 3. The molecule has 0 radical (unpaired) electrons. The number of carbonyl (C=O) groups is 4. The van der Waals surface area contributed by atoms with Gasteiger partial charge in [-0.1, -0.05) is 42.5 Å². The van der Waals surface area contributed by atoms with Crippen molar-refractivity contribution in [3.05, 3.63) is 95.3 Å². The third-order valence-corrected chi connectivity index (χ3v) is 7.06. The molecule has 3 aromatic rings. The molecule has 0 bridgehead atoms. The van der Waals surface area contributed by atoms with E-state index >= 15 is 0 Å². The van der Waals surface area contributed by atoms with Crippen LogP contribution in [0.3, 0.4) is 0 Å². The number of hydrogen-bond donors (Lipinski definition) is 0. The van der Waals surface area contributed by atoms with Crippen LogP contribution >= 0.6 is 0 Å². The highest BCUT2D eigenvalue weighted by atomic mass is 19.1. The molecule has 3 aliphatic rings. The SMILES string of the molecule is COc1ccc(N2C(=O)[C@H]3[C@@H](c4ccccc4F)OC4(C(=O)c5ccccc5C4=O)[C@H]3C2=O)cc1. The maximum atomic E-state index is 14.9. The van der Waals surface area contributed by atoms with E-state index in [1.807, 2.05) is 0 Å². The van der Waals surface area contributed by atoms with Crippen molar-refractivity contribution in [3.8, 4) is 5.75 Å². The molecule has 174 valence electrons. The fourth-order valence-corrected chi connectivity index (χ4v) is 5.49. The molecule has 2 heterocycles. The number of methoxy groups -OCH3 is 1. The van der Waals surface area contributed by atoms with Gasteiger partial charge in [-0.25, -0.2) is 9.29 Å². The van der Waals surface area contributed by atoms with Crippen molar-refractivity contribution in [1.82, 2.24) is 0 Å². The number of hydrogen-bond acceptors (Lipinski definition) is 6. The second kappa shape index (κ2) is 7.41. The highest BCUT2D eigenvalue weighted by molar-refractivity contribution is 6.37. The van der Waals surface area contributed by atoms with E-state index in [9.17, 15) is 23.6 Å². The van der Waals surface area contributed by atoms with Crippen LogP contribution in [0.1, 0.15) is 32.4 Å². The van der Waals surface area contributed by atoms with E-state index in [0.717, 1.165) is 4.90 Å². The van der Waals surface area contributed by atoms with Gasteiger partial charge in [-0.05, 0) is 30.3 Å². The Morgan fingerprint density at radius 2 is 1.43 bits per heavy atom. The van der Waals surface area contributed by atoms with Crippen LogP contribution < -0.4 is 9.64 Å².